The molecule has 0 saturated carbocycles. The zero-order valence-electron chi connectivity index (χ0n) is 18.0. The molecule has 0 heterocycles. The second-order valence-corrected chi connectivity index (χ2v) is 9.07. The molecule has 28 heavy (non-hydrogen) atoms. The second kappa shape index (κ2) is 9.24. The van der Waals surface area contributed by atoms with E-state index in [0.717, 1.165) is 18.7 Å². The van der Waals surface area contributed by atoms with Crippen LogP contribution < -0.4 is 10.1 Å². The van der Waals surface area contributed by atoms with E-state index < -0.39 is 5.60 Å². The number of benzene rings is 2. The van der Waals surface area contributed by atoms with E-state index in [1.165, 1.54) is 11.1 Å². The molecular formula is C24H33NO3. The summed E-state index contributed by atoms with van der Waals surface area (Å²) in [6, 6.07) is 16.5. The summed E-state index contributed by atoms with van der Waals surface area (Å²) in [6.07, 6.45) is 0. The Labute approximate surface area is 169 Å². The molecule has 152 valence electrons. The van der Waals surface area contributed by atoms with Crippen LogP contribution >= 0.6 is 0 Å². The maximum absolute atomic E-state index is 11.8. The van der Waals surface area contributed by atoms with Gasteiger partial charge in [-0.3, -0.25) is 0 Å². The number of nitrogens with one attached hydrogen (secondary N) is 1. The van der Waals surface area contributed by atoms with Crippen LogP contribution in [0.3, 0.4) is 0 Å². The number of esters is 1. The topological polar surface area (TPSA) is 47.6 Å². The lowest BCUT2D eigenvalue weighted by Crippen LogP contribution is -2.27. The summed E-state index contributed by atoms with van der Waals surface area (Å²) in [4.78, 5) is 11.8. The Morgan fingerprint density at radius 2 is 1.54 bits per heavy atom. The highest BCUT2D eigenvalue weighted by Gasteiger charge is 2.16. The van der Waals surface area contributed by atoms with Crippen LogP contribution in [0, 0.1) is 0 Å². The SMILES string of the molecule is CC(C)(C)OC(=O)COc1cccc(CNCc2ccc(C(C)(C)C)cc2)c1. The van der Waals surface area contributed by atoms with Gasteiger partial charge in [-0.2, -0.15) is 0 Å². The van der Waals surface area contributed by atoms with E-state index in [1.807, 2.05) is 45.0 Å². The molecule has 0 bridgehead atoms. The Bertz CT molecular complexity index is 768. The number of rotatable bonds is 7. The molecule has 2 aromatic rings. The largest absolute Gasteiger partial charge is 0.482 e. The summed E-state index contributed by atoms with van der Waals surface area (Å²) >= 11 is 0. The van der Waals surface area contributed by atoms with Gasteiger partial charge in [0.2, 0.25) is 0 Å². The molecule has 0 aliphatic rings. The molecule has 0 fully saturated rings. The summed E-state index contributed by atoms with van der Waals surface area (Å²) in [5, 5.41) is 3.45. The molecule has 2 rings (SSSR count). The third kappa shape index (κ3) is 7.73. The molecule has 0 atom stereocenters. The first-order chi connectivity index (χ1) is 13.0. The molecule has 0 radical (unpaired) electrons. The summed E-state index contributed by atoms with van der Waals surface area (Å²) < 4.78 is 10.8. The number of carbonyl (C=O) groups is 1. The van der Waals surface area contributed by atoms with Crippen molar-refractivity contribution >= 4 is 5.97 Å². The third-order valence-corrected chi connectivity index (χ3v) is 4.15. The molecule has 0 unspecified atom stereocenters. The van der Waals surface area contributed by atoms with E-state index in [0.29, 0.717) is 5.75 Å². The highest BCUT2D eigenvalue weighted by Crippen LogP contribution is 2.22. The normalized spacial score (nSPS) is 11.9. The van der Waals surface area contributed by atoms with Crippen molar-refractivity contribution in [2.45, 2.75) is 65.6 Å². The highest BCUT2D eigenvalue weighted by atomic mass is 16.6. The summed E-state index contributed by atoms with van der Waals surface area (Å²) in [7, 11) is 0. The Morgan fingerprint density at radius 3 is 2.14 bits per heavy atom. The molecule has 0 amide bonds. The van der Waals surface area contributed by atoms with E-state index >= 15 is 0 Å². The Balaban J connectivity index is 1.82. The van der Waals surface area contributed by atoms with Crippen molar-refractivity contribution in [2.75, 3.05) is 6.61 Å². The highest BCUT2D eigenvalue weighted by molar-refractivity contribution is 5.71. The first kappa shape index (κ1) is 22.0. The van der Waals surface area contributed by atoms with Gasteiger partial charge >= 0.3 is 5.97 Å². The molecule has 0 aliphatic heterocycles. The molecular weight excluding hydrogens is 350 g/mol. The van der Waals surface area contributed by atoms with Gasteiger partial charge in [-0.1, -0.05) is 57.2 Å². The van der Waals surface area contributed by atoms with Gasteiger partial charge in [-0.05, 0) is 55.0 Å². The lowest BCUT2D eigenvalue weighted by atomic mass is 9.87. The molecule has 0 aliphatic carbocycles. The molecule has 4 heteroatoms. The fourth-order valence-electron chi connectivity index (χ4n) is 2.73. The van der Waals surface area contributed by atoms with E-state index in [4.69, 9.17) is 9.47 Å². The van der Waals surface area contributed by atoms with Crippen LogP contribution in [0.25, 0.3) is 0 Å². The van der Waals surface area contributed by atoms with E-state index in [-0.39, 0.29) is 18.0 Å². The zero-order valence-corrected chi connectivity index (χ0v) is 18.0. The Kier molecular flexibility index (Phi) is 7.25. The quantitative estimate of drug-likeness (QED) is 0.684. The van der Waals surface area contributed by atoms with Gasteiger partial charge < -0.3 is 14.8 Å². The third-order valence-electron chi connectivity index (χ3n) is 4.15. The monoisotopic (exact) mass is 383 g/mol. The maximum Gasteiger partial charge on any atom is 0.344 e. The van der Waals surface area contributed by atoms with Crippen molar-refractivity contribution in [1.82, 2.24) is 5.32 Å². The van der Waals surface area contributed by atoms with Crippen molar-refractivity contribution in [1.29, 1.82) is 0 Å². The average Bonchev–Trinajstić information content (AvgIpc) is 2.59. The van der Waals surface area contributed by atoms with Crippen molar-refractivity contribution in [2.24, 2.45) is 0 Å². The van der Waals surface area contributed by atoms with Gasteiger partial charge in [-0.15, -0.1) is 0 Å². The van der Waals surface area contributed by atoms with Gasteiger partial charge in [-0.25, -0.2) is 4.79 Å². The van der Waals surface area contributed by atoms with Crippen LogP contribution in [0.1, 0.15) is 58.2 Å². The van der Waals surface area contributed by atoms with E-state index in [2.05, 4.69) is 50.4 Å². The minimum absolute atomic E-state index is 0.0890. The van der Waals surface area contributed by atoms with Crippen LogP contribution in [0.15, 0.2) is 48.5 Å². The molecule has 0 aromatic heterocycles. The molecule has 0 saturated heterocycles. The average molecular weight is 384 g/mol. The van der Waals surface area contributed by atoms with Crippen LogP contribution in [-0.4, -0.2) is 18.2 Å². The number of hydrogen-bond acceptors (Lipinski definition) is 4. The zero-order chi connectivity index (χ0) is 20.8. The molecule has 0 spiro atoms. The van der Waals surface area contributed by atoms with Gasteiger partial charge in [0.15, 0.2) is 6.61 Å². The first-order valence-electron chi connectivity index (χ1n) is 9.77. The standard InChI is InChI=1S/C24H33NO3/c1-23(2,3)20-12-10-18(11-13-20)15-25-16-19-8-7-9-21(14-19)27-17-22(26)28-24(4,5)6/h7-14,25H,15-17H2,1-6H3. The smallest absolute Gasteiger partial charge is 0.344 e. The maximum atomic E-state index is 11.8. The predicted octanol–water partition coefficient (Wildman–Crippen LogP) is 4.99. The molecule has 2 aromatic carbocycles. The first-order valence-corrected chi connectivity index (χ1v) is 9.77. The van der Waals surface area contributed by atoms with Gasteiger partial charge in [0.25, 0.3) is 0 Å². The van der Waals surface area contributed by atoms with Crippen molar-refractivity contribution in [3.8, 4) is 5.75 Å². The summed E-state index contributed by atoms with van der Waals surface area (Å²) in [6.45, 7) is 13.6. The number of carbonyl (C=O) groups excluding carboxylic acids is 1. The minimum Gasteiger partial charge on any atom is -0.482 e. The van der Waals surface area contributed by atoms with Crippen LogP contribution in [0.4, 0.5) is 0 Å². The van der Waals surface area contributed by atoms with Crippen molar-refractivity contribution in [3.63, 3.8) is 0 Å². The summed E-state index contributed by atoms with van der Waals surface area (Å²) in [5.41, 5.74) is 3.37. The predicted molar refractivity (Wildman–Crippen MR) is 113 cm³/mol. The molecule has 1 N–H and O–H groups in total. The lowest BCUT2D eigenvalue weighted by Gasteiger charge is -2.19. The van der Waals surface area contributed by atoms with Crippen molar-refractivity contribution < 1.29 is 14.3 Å². The van der Waals surface area contributed by atoms with Gasteiger partial charge in [0, 0.05) is 13.1 Å². The van der Waals surface area contributed by atoms with Gasteiger partial charge in [0.1, 0.15) is 11.4 Å². The van der Waals surface area contributed by atoms with Crippen LogP contribution in [0.5, 0.6) is 5.75 Å². The minimum atomic E-state index is -0.503. The van der Waals surface area contributed by atoms with Crippen LogP contribution in [-0.2, 0) is 28.0 Å². The second-order valence-electron chi connectivity index (χ2n) is 9.07. The fraction of sp³-hybridized carbons (Fsp3) is 0.458. The number of hydrogen-bond donors (Lipinski definition) is 1. The van der Waals surface area contributed by atoms with Crippen molar-refractivity contribution in [3.05, 3.63) is 65.2 Å². The Hall–Kier alpha value is -2.33. The lowest BCUT2D eigenvalue weighted by molar-refractivity contribution is -0.157. The van der Waals surface area contributed by atoms with E-state index in [1.54, 1.807) is 0 Å². The Morgan fingerprint density at radius 1 is 0.893 bits per heavy atom. The molecule has 4 nitrogen and oxygen atoms in total. The van der Waals surface area contributed by atoms with Crippen LogP contribution in [0.2, 0.25) is 0 Å². The van der Waals surface area contributed by atoms with E-state index in [9.17, 15) is 4.79 Å². The van der Waals surface area contributed by atoms with Gasteiger partial charge in [0.05, 0.1) is 0 Å². The fourth-order valence-corrected chi connectivity index (χ4v) is 2.73. The summed E-state index contributed by atoms with van der Waals surface area (Å²) in [5.74, 6) is 0.300. The number of ether oxygens (including phenoxy) is 2.